The highest BCUT2D eigenvalue weighted by molar-refractivity contribution is 5.80. The molecule has 27 heavy (non-hydrogen) atoms. The fourth-order valence-electron chi connectivity index (χ4n) is 4.10. The van der Waals surface area contributed by atoms with Crippen LogP contribution in [0.3, 0.4) is 0 Å². The van der Waals surface area contributed by atoms with Crippen molar-refractivity contribution < 1.29 is 17.7 Å². The monoisotopic (exact) mass is 387 g/mol. The van der Waals surface area contributed by atoms with Crippen LogP contribution in [-0.2, 0) is 6.54 Å². The van der Waals surface area contributed by atoms with Crippen molar-refractivity contribution in [2.75, 3.05) is 39.8 Å². The number of aliphatic imine (C=N–C) groups is 1. The molecule has 1 aromatic rings. The minimum atomic E-state index is -4.11. The molecule has 2 fully saturated rings. The van der Waals surface area contributed by atoms with Gasteiger partial charge in [0.15, 0.2) is 5.96 Å². The molecule has 0 spiro atoms. The summed E-state index contributed by atoms with van der Waals surface area (Å²) in [6.07, 6.45) is -0.129. The molecule has 2 atom stereocenters. The molecule has 1 saturated carbocycles. The van der Waals surface area contributed by atoms with E-state index in [9.17, 15) is 13.2 Å². The SMILES string of the molecule is CN=C(NCC1CCCCC1C(F)(F)F)N1CCN(Cc2ccon2)CC1. The molecular weight excluding hydrogens is 359 g/mol. The van der Waals surface area contributed by atoms with Crippen molar-refractivity contribution in [3.05, 3.63) is 18.0 Å². The predicted molar refractivity (Wildman–Crippen MR) is 96.2 cm³/mol. The number of guanidine groups is 1. The Morgan fingerprint density at radius 3 is 2.63 bits per heavy atom. The summed E-state index contributed by atoms with van der Waals surface area (Å²) in [5, 5.41) is 7.13. The van der Waals surface area contributed by atoms with Gasteiger partial charge in [0.1, 0.15) is 6.26 Å². The van der Waals surface area contributed by atoms with Gasteiger partial charge < -0.3 is 14.7 Å². The summed E-state index contributed by atoms with van der Waals surface area (Å²) in [6, 6.07) is 1.86. The van der Waals surface area contributed by atoms with Crippen LogP contribution in [0.15, 0.2) is 21.8 Å². The number of rotatable bonds is 4. The quantitative estimate of drug-likeness (QED) is 0.636. The van der Waals surface area contributed by atoms with Gasteiger partial charge in [-0.15, -0.1) is 0 Å². The lowest BCUT2D eigenvalue weighted by Crippen LogP contribution is -2.53. The fourth-order valence-corrected chi connectivity index (χ4v) is 4.10. The van der Waals surface area contributed by atoms with Gasteiger partial charge in [-0.05, 0) is 18.8 Å². The van der Waals surface area contributed by atoms with Gasteiger partial charge in [-0.2, -0.15) is 13.2 Å². The Kier molecular flexibility index (Phi) is 6.62. The summed E-state index contributed by atoms with van der Waals surface area (Å²) < 4.78 is 44.7. The fraction of sp³-hybridized carbons (Fsp3) is 0.778. The van der Waals surface area contributed by atoms with Crippen molar-refractivity contribution in [1.82, 2.24) is 20.3 Å². The molecule has 0 aromatic carbocycles. The summed E-state index contributed by atoms with van der Waals surface area (Å²) in [7, 11) is 1.69. The molecule has 1 N–H and O–H groups in total. The van der Waals surface area contributed by atoms with Crippen molar-refractivity contribution in [1.29, 1.82) is 0 Å². The second-order valence-corrected chi connectivity index (χ2v) is 7.37. The first-order valence-electron chi connectivity index (χ1n) is 9.61. The van der Waals surface area contributed by atoms with Gasteiger partial charge in [-0.3, -0.25) is 9.89 Å². The van der Waals surface area contributed by atoms with Crippen molar-refractivity contribution in [3.63, 3.8) is 0 Å². The molecule has 2 heterocycles. The average molecular weight is 387 g/mol. The van der Waals surface area contributed by atoms with E-state index in [0.717, 1.165) is 44.8 Å². The minimum Gasteiger partial charge on any atom is -0.364 e. The number of nitrogens with zero attached hydrogens (tertiary/aromatic N) is 4. The third-order valence-electron chi connectivity index (χ3n) is 5.61. The van der Waals surface area contributed by atoms with Crippen LogP contribution < -0.4 is 5.32 Å². The van der Waals surface area contributed by atoms with Crippen molar-refractivity contribution >= 4 is 5.96 Å². The standard InChI is InChI=1S/C18H28F3N5O/c1-22-17(23-12-14-4-2-3-5-16(14)18(19,20)21)26-9-7-25(8-10-26)13-15-6-11-27-24-15/h6,11,14,16H,2-5,7-10,12-13H2,1H3,(H,22,23). The van der Waals surface area contributed by atoms with Gasteiger partial charge in [0.25, 0.3) is 0 Å². The first-order chi connectivity index (χ1) is 13.0. The molecule has 3 rings (SSSR count). The highest BCUT2D eigenvalue weighted by atomic mass is 19.4. The molecule has 1 saturated heterocycles. The normalized spacial score (nSPS) is 25.6. The number of hydrogen-bond acceptors (Lipinski definition) is 4. The lowest BCUT2D eigenvalue weighted by atomic mass is 9.79. The number of halogens is 3. The number of aromatic nitrogens is 1. The Bertz CT molecular complexity index is 597. The van der Waals surface area contributed by atoms with Gasteiger partial charge in [0.05, 0.1) is 11.6 Å². The van der Waals surface area contributed by atoms with E-state index in [1.54, 1.807) is 13.3 Å². The average Bonchev–Trinajstić information content (AvgIpc) is 3.16. The Morgan fingerprint density at radius 1 is 1.26 bits per heavy atom. The van der Waals surface area contributed by atoms with E-state index in [-0.39, 0.29) is 12.3 Å². The van der Waals surface area contributed by atoms with E-state index in [0.29, 0.717) is 25.3 Å². The Balaban J connectivity index is 1.48. The maximum absolute atomic E-state index is 13.3. The lowest BCUT2D eigenvalue weighted by molar-refractivity contribution is -0.195. The van der Waals surface area contributed by atoms with Crippen LogP contribution >= 0.6 is 0 Å². The van der Waals surface area contributed by atoms with Gasteiger partial charge in [0, 0.05) is 52.4 Å². The first-order valence-corrected chi connectivity index (χ1v) is 9.61. The Hall–Kier alpha value is -1.77. The molecule has 1 aromatic heterocycles. The Labute approximate surface area is 157 Å². The molecule has 9 heteroatoms. The second kappa shape index (κ2) is 8.95. The topological polar surface area (TPSA) is 56.9 Å². The van der Waals surface area contributed by atoms with E-state index < -0.39 is 12.1 Å². The molecule has 6 nitrogen and oxygen atoms in total. The lowest BCUT2D eigenvalue weighted by Gasteiger charge is -2.38. The molecule has 2 aliphatic rings. The zero-order chi connectivity index (χ0) is 19.3. The predicted octanol–water partition coefficient (Wildman–Crippen LogP) is 2.74. The van der Waals surface area contributed by atoms with Gasteiger partial charge in [-0.1, -0.05) is 18.0 Å². The van der Waals surface area contributed by atoms with Crippen LogP contribution in [0.1, 0.15) is 31.4 Å². The van der Waals surface area contributed by atoms with Crippen molar-refractivity contribution in [2.24, 2.45) is 16.8 Å². The summed E-state index contributed by atoms with van der Waals surface area (Å²) in [4.78, 5) is 8.68. The first kappa shape index (κ1) is 20.0. The number of hydrogen-bond donors (Lipinski definition) is 1. The zero-order valence-electron chi connectivity index (χ0n) is 15.7. The summed E-state index contributed by atoms with van der Waals surface area (Å²) in [5.41, 5.74) is 0.904. The van der Waals surface area contributed by atoms with Crippen LogP contribution in [-0.4, -0.2) is 66.9 Å². The number of nitrogens with one attached hydrogen (secondary N) is 1. The van der Waals surface area contributed by atoms with E-state index in [1.807, 2.05) is 6.07 Å². The van der Waals surface area contributed by atoms with Crippen LogP contribution in [0, 0.1) is 11.8 Å². The van der Waals surface area contributed by atoms with E-state index in [2.05, 4.69) is 25.3 Å². The number of alkyl halides is 3. The summed E-state index contributed by atoms with van der Waals surface area (Å²) in [6.45, 7) is 4.34. The van der Waals surface area contributed by atoms with Gasteiger partial charge >= 0.3 is 6.18 Å². The highest BCUT2D eigenvalue weighted by Crippen LogP contribution is 2.41. The molecule has 0 radical (unpaired) electrons. The van der Waals surface area contributed by atoms with Crippen LogP contribution in [0.5, 0.6) is 0 Å². The Morgan fingerprint density at radius 2 is 2.00 bits per heavy atom. The van der Waals surface area contributed by atoms with Crippen LogP contribution in [0.2, 0.25) is 0 Å². The van der Waals surface area contributed by atoms with Crippen LogP contribution in [0.4, 0.5) is 13.2 Å². The molecule has 1 aliphatic carbocycles. The zero-order valence-corrected chi connectivity index (χ0v) is 15.7. The highest BCUT2D eigenvalue weighted by Gasteiger charge is 2.45. The molecule has 2 unspecified atom stereocenters. The van der Waals surface area contributed by atoms with Crippen molar-refractivity contribution in [2.45, 2.75) is 38.4 Å². The summed E-state index contributed by atoms with van der Waals surface area (Å²) in [5.74, 6) is -0.872. The van der Waals surface area contributed by atoms with Crippen molar-refractivity contribution in [3.8, 4) is 0 Å². The summed E-state index contributed by atoms with van der Waals surface area (Å²) >= 11 is 0. The van der Waals surface area contributed by atoms with Crippen LogP contribution in [0.25, 0.3) is 0 Å². The molecule has 0 amide bonds. The third kappa shape index (κ3) is 5.37. The van der Waals surface area contributed by atoms with Gasteiger partial charge in [0.2, 0.25) is 0 Å². The molecule has 0 bridgehead atoms. The molecular formula is C18H28F3N5O. The minimum absolute atomic E-state index is 0.245. The van der Waals surface area contributed by atoms with Gasteiger partial charge in [-0.25, -0.2) is 0 Å². The van der Waals surface area contributed by atoms with E-state index in [4.69, 9.17) is 4.52 Å². The molecule has 152 valence electrons. The third-order valence-corrected chi connectivity index (χ3v) is 5.61. The molecule has 1 aliphatic heterocycles. The number of piperazine rings is 1. The largest absolute Gasteiger partial charge is 0.392 e. The smallest absolute Gasteiger partial charge is 0.364 e. The maximum Gasteiger partial charge on any atom is 0.392 e. The second-order valence-electron chi connectivity index (χ2n) is 7.37. The maximum atomic E-state index is 13.3. The van der Waals surface area contributed by atoms with E-state index in [1.165, 1.54) is 0 Å². The van der Waals surface area contributed by atoms with E-state index >= 15 is 0 Å².